The second-order valence-electron chi connectivity index (χ2n) is 8.14. The van der Waals surface area contributed by atoms with Crippen LogP contribution in [0, 0.1) is 0 Å². The largest absolute Gasteiger partial charge is 0.497 e. The minimum atomic E-state index is 0.820. The molecule has 1 aromatic heterocycles. The number of thioether (sulfide) groups is 1. The molecular weight excluding hydrogens is 440 g/mol. The van der Waals surface area contributed by atoms with E-state index in [1.54, 1.807) is 14.2 Å². The molecule has 4 nitrogen and oxygen atoms in total. The molecule has 2 heterocycles. The quantitative estimate of drug-likeness (QED) is 0.291. The van der Waals surface area contributed by atoms with Crippen LogP contribution < -0.4 is 18.9 Å². The minimum Gasteiger partial charge on any atom is -0.497 e. The molecule has 3 aromatic carbocycles. The lowest BCUT2D eigenvalue weighted by molar-refractivity contribution is -0.669. The third-order valence-electron chi connectivity index (χ3n) is 6.33. The molecule has 0 amide bonds. The first-order valence-electron chi connectivity index (χ1n) is 11.6. The molecular formula is C29H29N2O2S+. The Balaban J connectivity index is 1.56. The van der Waals surface area contributed by atoms with E-state index >= 15 is 0 Å². The lowest BCUT2D eigenvalue weighted by Gasteiger charge is -2.18. The maximum atomic E-state index is 5.63. The van der Waals surface area contributed by atoms with Gasteiger partial charge in [0.25, 0.3) is 0 Å². The topological polar surface area (TPSA) is 25.6 Å². The molecule has 0 N–H and O–H groups in total. The van der Waals surface area contributed by atoms with Crippen molar-refractivity contribution >= 4 is 34.4 Å². The Bertz CT molecular complexity index is 1400. The summed E-state index contributed by atoms with van der Waals surface area (Å²) in [6.45, 7) is 6.24. The van der Waals surface area contributed by atoms with Crippen molar-refractivity contribution in [3.8, 4) is 22.6 Å². The van der Waals surface area contributed by atoms with Crippen molar-refractivity contribution in [3.05, 3.63) is 83.5 Å². The highest BCUT2D eigenvalue weighted by atomic mass is 32.2. The average Bonchev–Trinajstić information content (AvgIpc) is 3.24. The van der Waals surface area contributed by atoms with Crippen LogP contribution in [-0.2, 0) is 6.54 Å². The zero-order valence-electron chi connectivity index (χ0n) is 20.0. The number of fused-ring (bicyclic) bond motifs is 2. The van der Waals surface area contributed by atoms with Gasteiger partial charge in [0.1, 0.15) is 18.0 Å². The molecule has 0 atom stereocenters. The van der Waals surface area contributed by atoms with Gasteiger partial charge in [0.2, 0.25) is 11.2 Å². The number of methoxy groups -OCH3 is 2. The smallest absolute Gasteiger partial charge is 0.212 e. The predicted octanol–water partition coefficient (Wildman–Crippen LogP) is 6.76. The molecule has 0 radical (unpaired) electrons. The van der Waals surface area contributed by atoms with E-state index in [1.165, 1.54) is 32.2 Å². The first-order chi connectivity index (χ1) is 16.7. The number of rotatable bonds is 6. The standard InChI is InChI=1S/C29H29N2O2S/c1-5-30-22(13-11-20-9-7-8-10-25(20)30)18-29-31(6-2)26-15-12-21(17-28(26)34-29)24-19-23(32-3)14-16-27(24)33-4/h7-19H,5-6H2,1-4H3/q+1. The van der Waals surface area contributed by atoms with Gasteiger partial charge in [0.05, 0.1) is 24.9 Å². The van der Waals surface area contributed by atoms with Gasteiger partial charge in [-0.15, -0.1) is 0 Å². The Labute approximate surface area is 205 Å². The molecule has 1 aliphatic heterocycles. The molecule has 0 saturated heterocycles. The fourth-order valence-corrected chi connectivity index (χ4v) is 5.84. The molecule has 5 rings (SSSR count). The fourth-order valence-electron chi connectivity index (χ4n) is 4.63. The van der Waals surface area contributed by atoms with Crippen LogP contribution in [0.1, 0.15) is 19.5 Å². The summed E-state index contributed by atoms with van der Waals surface area (Å²) in [6.07, 6.45) is 2.32. The molecule has 34 heavy (non-hydrogen) atoms. The van der Waals surface area contributed by atoms with Gasteiger partial charge in [-0.1, -0.05) is 30.0 Å². The van der Waals surface area contributed by atoms with E-state index in [9.17, 15) is 0 Å². The van der Waals surface area contributed by atoms with Crippen molar-refractivity contribution in [2.24, 2.45) is 0 Å². The Morgan fingerprint density at radius 3 is 2.53 bits per heavy atom. The average molecular weight is 470 g/mol. The third-order valence-corrected chi connectivity index (χ3v) is 7.42. The number of nitrogens with zero attached hydrogens (tertiary/aromatic N) is 2. The molecule has 0 spiro atoms. The van der Waals surface area contributed by atoms with Gasteiger partial charge in [-0.3, -0.25) is 0 Å². The molecule has 1 aliphatic rings. The first kappa shape index (κ1) is 22.4. The number of anilines is 1. The molecule has 0 saturated carbocycles. The van der Waals surface area contributed by atoms with E-state index in [-0.39, 0.29) is 0 Å². The van der Waals surface area contributed by atoms with Gasteiger partial charge >= 0.3 is 0 Å². The van der Waals surface area contributed by atoms with Crippen molar-refractivity contribution < 1.29 is 14.0 Å². The van der Waals surface area contributed by atoms with Gasteiger partial charge in [-0.25, -0.2) is 0 Å². The Morgan fingerprint density at radius 2 is 1.76 bits per heavy atom. The van der Waals surface area contributed by atoms with Gasteiger partial charge in [0, 0.05) is 40.6 Å². The SMILES string of the molecule is CCN1C(=Cc2ccc3ccccc3[n+]2CC)Sc2cc(-c3cc(OC)ccc3OC)ccc21. The lowest BCUT2D eigenvalue weighted by Crippen LogP contribution is -2.36. The van der Waals surface area contributed by atoms with Gasteiger partial charge in [-0.2, -0.15) is 4.57 Å². The number of ether oxygens (including phenoxy) is 2. The van der Waals surface area contributed by atoms with Crippen molar-refractivity contribution in [3.63, 3.8) is 0 Å². The van der Waals surface area contributed by atoms with Crippen LogP contribution >= 0.6 is 11.8 Å². The van der Waals surface area contributed by atoms with Crippen molar-refractivity contribution in [2.75, 3.05) is 25.7 Å². The predicted molar refractivity (Wildman–Crippen MR) is 142 cm³/mol. The van der Waals surface area contributed by atoms with E-state index in [4.69, 9.17) is 9.47 Å². The van der Waals surface area contributed by atoms with Crippen LogP contribution in [0.4, 0.5) is 5.69 Å². The van der Waals surface area contributed by atoms with E-state index in [2.05, 4.69) is 84.0 Å². The fraction of sp³-hybridized carbons (Fsp3) is 0.207. The summed E-state index contributed by atoms with van der Waals surface area (Å²) in [5.74, 6) is 1.66. The Morgan fingerprint density at radius 1 is 0.912 bits per heavy atom. The molecule has 5 heteroatoms. The highest BCUT2D eigenvalue weighted by Gasteiger charge is 2.26. The number of hydrogen-bond acceptors (Lipinski definition) is 4. The summed E-state index contributed by atoms with van der Waals surface area (Å²) < 4.78 is 13.5. The van der Waals surface area contributed by atoms with E-state index in [0.717, 1.165) is 35.7 Å². The minimum absolute atomic E-state index is 0.820. The van der Waals surface area contributed by atoms with Crippen molar-refractivity contribution in [2.45, 2.75) is 25.3 Å². The van der Waals surface area contributed by atoms with Crippen LogP contribution in [0.5, 0.6) is 11.5 Å². The highest BCUT2D eigenvalue weighted by molar-refractivity contribution is 8.03. The Kier molecular flexibility index (Phi) is 6.20. The molecule has 4 aromatic rings. The summed E-state index contributed by atoms with van der Waals surface area (Å²) in [5.41, 5.74) is 5.87. The Hall–Kier alpha value is -3.44. The monoisotopic (exact) mass is 469 g/mol. The van der Waals surface area contributed by atoms with E-state index in [1.807, 2.05) is 30.0 Å². The number of pyridine rings is 1. The van der Waals surface area contributed by atoms with Gasteiger partial charge < -0.3 is 14.4 Å². The number of hydrogen-bond donors (Lipinski definition) is 0. The first-order valence-corrected chi connectivity index (χ1v) is 12.4. The van der Waals surface area contributed by atoms with Crippen LogP contribution in [0.2, 0.25) is 0 Å². The second-order valence-corrected chi connectivity index (χ2v) is 9.20. The molecule has 0 fully saturated rings. The molecule has 0 aliphatic carbocycles. The summed E-state index contributed by atoms with van der Waals surface area (Å²) in [7, 11) is 3.40. The number of para-hydroxylation sites is 1. The van der Waals surface area contributed by atoms with Gasteiger partial charge in [-0.05, 0) is 61.9 Å². The zero-order chi connectivity index (χ0) is 23.7. The summed E-state index contributed by atoms with van der Waals surface area (Å²) in [5, 5.41) is 2.50. The third kappa shape index (κ3) is 3.90. The van der Waals surface area contributed by atoms with Crippen molar-refractivity contribution in [1.29, 1.82) is 0 Å². The summed E-state index contributed by atoms with van der Waals surface area (Å²) >= 11 is 1.82. The van der Waals surface area contributed by atoms with Crippen LogP contribution in [0.25, 0.3) is 28.1 Å². The van der Waals surface area contributed by atoms with E-state index < -0.39 is 0 Å². The maximum Gasteiger partial charge on any atom is 0.212 e. The van der Waals surface area contributed by atoms with Gasteiger partial charge in [0.15, 0.2) is 0 Å². The number of aryl methyl sites for hydroxylation is 1. The summed E-state index contributed by atoms with van der Waals surface area (Å²) in [6, 6.07) is 25.6. The number of aromatic nitrogens is 1. The lowest BCUT2D eigenvalue weighted by atomic mass is 10.0. The van der Waals surface area contributed by atoms with Crippen molar-refractivity contribution in [1.82, 2.24) is 0 Å². The molecule has 172 valence electrons. The van der Waals surface area contributed by atoms with Crippen LogP contribution in [-0.4, -0.2) is 20.8 Å². The summed E-state index contributed by atoms with van der Waals surface area (Å²) in [4.78, 5) is 3.64. The van der Waals surface area contributed by atoms with E-state index in [0.29, 0.717) is 0 Å². The zero-order valence-corrected chi connectivity index (χ0v) is 20.9. The molecule has 0 unspecified atom stereocenters. The normalized spacial score (nSPS) is 14.0. The second kappa shape index (κ2) is 9.43. The molecule has 0 bridgehead atoms. The van der Waals surface area contributed by atoms with Crippen LogP contribution in [0.3, 0.4) is 0 Å². The maximum absolute atomic E-state index is 5.63. The van der Waals surface area contributed by atoms with Crippen LogP contribution in [0.15, 0.2) is 82.7 Å². The highest BCUT2D eigenvalue weighted by Crippen LogP contribution is 2.48. The number of benzene rings is 3.